The minimum Gasteiger partial charge on any atom is -0.273 e. The Morgan fingerprint density at radius 3 is 1.56 bits per heavy atom. The number of amides is 1. The Labute approximate surface area is 156 Å². The molecule has 3 aliphatic rings. The summed E-state index contributed by atoms with van der Waals surface area (Å²) < 4.78 is 0. The van der Waals surface area contributed by atoms with Crippen molar-refractivity contribution in [2.45, 2.75) is 19.1 Å². The fourth-order valence-corrected chi connectivity index (χ4v) is 4.61. The molecule has 0 N–H and O–H groups in total. The first kappa shape index (κ1) is 14.9. The van der Waals surface area contributed by atoms with Crippen LogP contribution in [0.25, 0.3) is 21.5 Å². The number of hydrogen-bond donors (Lipinski definition) is 0. The molecule has 0 fully saturated rings. The minimum absolute atomic E-state index is 0.0670. The van der Waals surface area contributed by atoms with Gasteiger partial charge < -0.3 is 0 Å². The molecule has 0 aromatic heterocycles. The monoisotopic (exact) mass is 351 g/mol. The molecule has 27 heavy (non-hydrogen) atoms. The third-order valence-corrected chi connectivity index (χ3v) is 5.82. The lowest BCUT2D eigenvalue weighted by Gasteiger charge is -2.46. The molecular formula is C24H17NO2. The normalized spacial score (nSPS) is 20.0. The molecule has 0 saturated heterocycles. The van der Waals surface area contributed by atoms with Crippen molar-refractivity contribution in [2.75, 3.05) is 0 Å². The molecule has 0 radical (unpaired) electrons. The fraction of sp³-hybridized carbons (Fsp3) is 0.125. The van der Waals surface area contributed by atoms with Gasteiger partial charge in [0.05, 0.1) is 0 Å². The second kappa shape index (κ2) is 5.18. The molecule has 4 aromatic carbocycles. The van der Waals surface area contributed by atoms with Gasteiger partial charge >= 0.3 is 0 Å². The van der Waals surface area contributed by atoms with Crippen molar-refractivity contribution in [1.82, 2.24) is 5.06 Å². The lowest BCUT2D eigenvalue weighted by atomic mass is 9.77. The van der Waals surface area contributed by atoms with Crippen LogP contribution in [0.4, 0.5) is 0 Å². The molecule has 2 heterocycles. The highest BCUT2D eigenvalue weighted by molar-refractivity contribution is 5.88. The quantitative estimate of drug-likeness (QED) is 0.431. The first-order chi connectivity index (χ1) is 13.2. The number of hydrogen-bond acceptors (Lipinski definition) is 2. The van der Waals surface area contributed by atoms with Crippen LogP contribution in [0.2, 0.25) is 0 Å². The summed E-state index contributed by atoms with van der Waals surface area (Å²) in [7, 11) is 0. The molecule has 1 aliphatic carbocycles. The maximum absolute atomic E-state index is 12.3. The number of carbonyl (C=O) groups excluding carboxylic acids is 1. The van der Waals surface area contributed by atoms with E-state index in [0.29, 0.717) is 0 Å². The van der Waals surface area contributed by atoms with Crippen molar-refractivity contribution in [2.24, 2.45) is 0 Å². The summed E-state index contributed by atoms with van der Waals surface area (Å²) in [6.07, 6.45) is -0.252. The average Bonchev–Trinajstić information content (AvgIpc) is 2.70. The van der Waals surface area contributed by atoms with Crippen LogP contribution in [0.15, 0.2) is 72.8 Å². The predicted octanol–water partition coefficient (Wildman–Crippen LogP) is 5.28. The average molecular weight is 351 g/mol. The lowest BCUT2D eigenvalue weighted by molar-refractivity contribution is -0.225. The Morgan fingerprint density at radius 1 is 0.741 bits per heavy atom. The van der Waals surface area contributed by atoms with Crippen LogP contribution in [-0.2, 0) is 9.63 Å². The maximum atomic E-state index is 12.3. The number of nitrogens with zero attached hydrogens (tertiary/aromatic N) is 1. The van der Waals surface area contributed by atoms with Crippen molar-refractivity contribution < 1.29 is 9.63 Å². The topological polar surface area (TPSA) is 29.5 Å². The van der Waals surface area contributed by atoms with Crippen molar-refractivity contribution in [3.63, 3.8) is 0 Å². The first-order valence-electron chi connectivity index (χ1n) is 9.22. The standard InChI is InChI=1S/C24H17NO2/c1-14(26)25-23-19-10-15-6-2-4-8-17(15)12-21(19)24(27-25)22-13-18-9-5-3-7-16(18)11-20(22)23/h2-13,23-24H,1H3. The highest BCUT2D eigenvalue weighted by Gasteiger charge is 2.45. The third kappa shape index (κ3) is 1.97. The van der Waals surface area contributed by atoms with Gasteiger partial charge in [-0.3, -0.25) is 9.63 Å². The van der Waals surface area contributed by atoms with E-state index in [4.69, 9.17) is 4.84 Å². The van der Waals surface area contributed by atoms with Gasteiger partial charge in [0.15, 0.2) is 0 Å². The van der Waals surface area contributed by atoms with Gasteiger partial charge in [-0.05, 0) is 68.1 Å². The van der Waals surface area contributed by atoms with Crippen molar-refractivity contribution in [3.8, 4) is 0 Å². The largest absolute Gasteiger partial charge is 0.273 e. The van der Waals surface area contributed by atoms with Crippen LogP contribution in [-0.4, -0.2) is 11.0 Å². The van der Waals surface area contributed by atoms with Crippen LogP contribution in [0, 0.1) is 0 Å². The van der Waals surface area contributed by atoms with E-state index in [1.165, 1.54) is 43.8 Å². The molecule has 4 aromatic rings. The molecule has 0 atom stereocenters. The van der Waals surface area contributed by atoms with E-state index in [-0.39, 0.29) is 18.1 Å². The summed E-state index contributed by atoms with van der Waals surface area (Å²) in [4.78, 5) is 18.5. The van der Waals surface area contributed by atoms with E-state index < -0.39 is 0 Å². The Hall–Kier alpha value is -3.17. The molecule has 2 bridgehead atoms. The molecule has 2 aliphatic heterocycles. The van der Waals surface area contributed by atoms with Crippen LogP contribution >= 0.6 is 0 Å². The molecule has 0 saturated carbocycles. The molecule has 0 spiro atoms. The van der Waals surface area contributed by atoms with Crippen LogP contribution < -0.4 is 0 Å². The predicted molar refractivity (Wildman–Crippen MR) is 105 cm³/mol. The summed E-state index contributed by atoms with van der Waals surface area (Å²) in [5.41, 5.74) is 4.67. The van der Waals surface area contributed by atoms with Gasteiger partial charge in [-0.15, -0.1) is 0 Å². The first-order valence-corrected chi connectivity index (χ1v) is 9.22. The zero-order chi connectivity index (χ0) is 18.1. The molecular weight excluding hydrogens is 334 g/mol. The second-order valence-corrected chi connectivity index (χ2v) is 7.39. The lowest BCUT2D eigenvalue weighted by Crippen LogP contribution is -2.44. The van der Waals surface area contributed by atoms with Crippen LogP contribution in [0.5, 0.6) is 0 Å². The third-order valence-electron chi connectivity index (χ3n) is 5.82. The van der Waals surface area contributed by atoms with Gasteiger partial charge in [-0.1, -0.05) is 48.5 Å². The van der Waals surface area contributed by atoms with E-state index >= 15 is 0 Å². The van der Waals surface area contributed by atoms with Crippen LogP contribution in [0.3, 0.4) is 0 Å². The minimum atomic E-state index is -0.252. The summed E-state index contributed by atoms with van der Waals surface area (Å²) in [6, 6.07) is 25.4. The number of hydroxylamine groups is 2. The molecule has 0 unspecified atom stereocenters. The SMILES string of the molecule is CC(=O)N1OC2c3cc4ccccc4cc3C1c1cc3ccccc3cc12. The summed E-state index contributed by atoms with van der Waals surface area (Å²) in [6.45, 7) is 1.57. The molecule has 3 nitrogen and oxygen atoms in total. The zero-order valence-electron chi connectivity index (χ0n) is 14.8. The van der Waals surface area contributed by atoms with Gasteiger partial charge in [0.1, 0.15) is 12.1 Å². The van der Waals surface area contributed by atoms with Crippen molar-refractivity contribution in [1.29, 1.82) is 0 Å². The molecule has 3 heteroatoms. The van der Waals surface area contributed by atoms with E-state index in [0.717, 1.165) is 0 Å². The van der Waals surface area contributed by atoms with Gasteiger partial charge in [-0.2, -0.15) is 0 Å². The maximum Gasteiger partial charge on any atom is 0.243 e. The molecule has 7 rings (SSSR count). The smallest absolute Gasteiger partial charge is 0.243 e. The summed E-state index contributed by atoms with van der Waals surface area (Å²) in [5.74, 6) is -0.0670. The molecule has 130 valence electrons. The summed E-state index contributed by atoms with van der Waals surface area (Å²) in [5, 5.41) is 6.33. The number of rotatable bonds is 0. The van der Waals surface area contributed by atoms with E-state index in [1.54, 1.807) is 12.0 Å². The fourth-order valence-electron chi connectivity index (χ4n) is 4.61. The van der Waals surface area contributed by atoms with Gasteiger partial charge in [0.25, 0.3) is 0 Å². The van der Waals surface area contributed by atoms with E-state index in [1.807, 2.05) is 0 Å². The highest BCUT2D eigenvalue weighted by atomic mass is 16.7. The van der Waals surface area contributed by atoms with Gasteiger partial charge in [0.2, 0.25) is 5.91 Å². The Bertz CT molecular complexity index is 1170. The highest BCUT2D eigenvalue weighted by Crippen LogP contribution is 2.52. The number of carbonyl (C=O) groups is 1. The van der Waals surface area contributed by atoms with Crippen molar-refractivity contribution in [3.05, 3.63) is 95.1 Å². The van der Waals surface area contributed by atoms with E-state index in [9.17, 15) is 4.79 Å². The Balaban J connectivity index is 1.69. The second-order valence-electron chi connectivity index (χ2n) is 7.39. The number of fused-ring (bicyclic) bond motifs is 3. The number of benzene rings is 4. The summed E-state index contributed by atoms with van der Waals surface area (Å²) >= 11 is 0. The van der Waals surface area contributed by atoms with Gasteiger partial charge in [0, 0.05) is 6.92 Å². The Kier molecular flexibility index (Phi) is 2.87. The molecule has 1 amide bonds. The van der Waals surface area contributed by atoms with Crippen molar-refractivity contribution >= 4 is 27.5 Å². The van der Waals surface area contributed by atoms with E-state index in [2.05, 4.69) is 72.8 Å². The van der Waals surface area contributed by atoms with Gasteiger partial charge in [-0.25, -0.2) is 5.06 Å². The Morgan fingerprint density at radius 2 is 1.15 bits per heavy atom. The zero-order valence-corrected chi connectivity index (χ0v) is 14.8. The van der Waals surface area contributed by atoms with Crippen LogP contribution in [0.1, 0.15) is 41.3 Å².